The number of nitrogens with one attached hydrogen (secondary N) is 1. The Morgan fingerprint density at radius 2 is 2.00 bits per heavy atom. The Morgan fingerprint density at radius 1 is 1.40 bits per heavy atom. The summed E-state index contributed by atoms with van der Waals surface area (Å²) >= 11 is 0. The van der Waals surface area contributed by atoms with Gasteiger partial charge in [0.2, 0.25) is 0 Å². The summed E-state index contributed by atoms with van der Waals surface area (Å²) in [6, 6.07) is 0. The van der Waals surface area contributed by atoms with Gasteiger partial charge in [-0.1, -0.05) is 24.3 Å². The number of rotatable bonds is 3. The fraction of sp³-hybridized carbons (Fsp3) is 0.333. The monoisotopic (exact) mass is 137 g/mol. The molecule has 0 aromatic rings. The Kier molecular flexibility index (Phi) is 4.38. The van der Waals surface area contributed by atoms with Crippen LogP contribution in [-0.4, -0.2) is 7.05 Å². The summed E-state index contributed by atoms with van der Waals surface area (Å²) in [6.07, 6.45) is 6.04. The van der Waals surface area contributed by atoms with Crippen molar-refractivity contribution < 1.29 is 0 Å². The Labute approximate surface area is 63.1 Å². The molecule has 1 N–H and O–H groups in total. The predicted octanol–water partition coefficient (Wildman–Crippen LogP) is 2.24. The first-order valence-electron chi connectivity index (χ1n) is 3.38. The summed E-state index contributed by atoms with van der Waals surface area (Å²) in [5, 5.41) is 2.94. The highest BCUT2D eigenvalue weighted by atomic mass is 14.8. The molecule has 10 heavy (non-hydrogen) atoms. The number of allylic oxidation sites excluding steroid dienone is 4. The van der Waals surface area contributed by atoms with Crippen molar-refractivity contribution in [2.45, 2.75) is 13.8 Å². The molecule has 56 valence electrons. The third-order valence-corrected chi connectivity index (χ3v) is 1.32. The zero-order valence-corrected chi connectivity index (χ0v) is 6.94. The minimum Gasteiger partial charge on any atom is -0.389 e. The molecule has 0 aromatic carbocycles. The van der Waals surface area contributed by atoms with Crippen molar-refractivity contribution in [2.24, 2.45) is 0 Å². The van der Waals surface area contributed by atoms with Crippen molar-refractivity contribution in [3.05, 3.63) is 36.1 Å². The van der Waals surface area contributed by atoms with E-state index >= 15 is 0 Å². The maximum atomic E-state index is 3.75. The maximum Gasteiger partial charge on any atom is 0.0264 e. The first-order chi connectivity index (χ1) is 4.70. The lowest BCUT2D eigenvalue weighted by Crippen LogP contribution is -2.00. The van der Waals surface area contributed by atoms with E-state index in [1.54, 1.807) is 0 Å². The van der Waals surface area contributed by atoms with Gasteiger partial charge in [0.15, 0.2) is 0 Å². The topological polar surface area (TPSA) is 12.0 Å². The Balaban J connectivity index is 3.88. The second-order valence-electron chi connectivity index (χ2n) is 2.14. The molecule has 0 unspecified atom stereocenters. The highest BCUT2D eigenvalue weighted by Crippen LogP contribution is 1.95. The quantitative estimate of drug-likeness (QED) is 0.588. The molecule has 0 bridgehead atoms. The molecule has 0 heterocycles. The van der Waals surface area contributed by atoms with Crippen molar-refractivity contribution in [3.63, 3.8) is 0 Å². The van der Waals surface area contributed by atoms with Gasteiger partial charge >= 0.3 is 0 Å². The van der Waals surface area contributed by atoms with E-state index < -0.39 is 0 Å². The average Bonchev–Trinajstić information content (AvgIpc) is 1.99. The van der Waals surface area contributed by atoms with Crippen molar-refractivity contribution in [3.8, 4) is 0 Å². The molecule has 0 atom stereocenters. The second kappa shape index (κ2) is 4.86. The van der Waals surface area contributed by atoms with Crippen LogP contribution in [0.3, 0.4) is 0 Å². The second-order valence-corrected chi connectivity index (χ2v) is 2.14. The van der Waals surface area contributed by atoms with Crippen LogP contribution in [0.1, 0.15) is 13.8 Å². The molecule has 0 rings (SSSR count). The SMILES string of the molecule is C=C(/C=C\C(C)=C/C)NC. The van der Waals surface area contributed by atoms with Crippen molar-refractivity contribution in [2.75, 3.05) is 7.05 Å². The molecule has 0 aliphatic rings. The van der Waals surface area contributed by atoms with Crippen LogP contribution < -0.4 is 5.32 Å². The molecular weight excluding hydrogens is 122 g/mol. The van der Waals surface area contributed by atoms with E-state index in [0.29, 0.717) is 0 Å². The first-order valence-corrected chi connectivity index (χ1v) is 3.38. The van der Waals surface area contributed by atoms with Crippen LogP contribution >= 0.6 is 0 Å². The van der Waals surface area contributed by atoms with E-state index in [2.05, 4.69) is 24.9 Å². The van der Waals surface area contributed by atoms with Crippen molar-refractivity contribution in [1.29, 1.82) is 0 Å². The van der Waals surface area contributed by atoms with Crippen molar-refractivity contribution in [1.82, 2.24) is 5.32 Å². The average molecular weight is 137 g/mol. The summed E-state index contributed by atoms with van der Waals surface area (Å²) in [6.45, 7) is 7.82. The molecule has 0 radical (unpaired) electrons. The maximum absolute atomic E-state index is 3.75. The van der Waals surface area contributed by atoms with Crippen LogP contribution in [0.15, 0.2) is 36.1 Å². The Hall–Kier alpha value is -0.980. The van der Waals surface area contributed by atoms with Gasteiger partial charge in [0, 0.05) is 12.7 Å². The van der Waals surface area contributed by atoms with Gasteiger partial charge in [-0.25, -0.2) is 0 Å². The van der Waals surface area contributed by atoms with Gasteiger partial charge in [-0.05, 0) is 19.9 Å². The molecule has 0 aliphatic heterocycles. The van der Waals surface area contributed by atoms with E-state index in [9.17, 15) is 0 Å². The predicted molar refractivity (Wildman–Crippen MR) is 46.8 cm³/mol. The van der Waals surface area contributed by atoms with Crippen LogP contribution in [0.2, 0.25) is 0 Å². The molecular formula is C9H15N. The number of hydrogen-bond donors (Lipinski definition) is 1. The molecule has 1 nitrogen and oxygen atoms in total. The van der Waals surface area contributed by atoms with E-state index in [1.165, 1.54) is 5.57 Å². The standard InChI is InChI=1S/C9H15N/c1-5-8(2)6-7-9(3)10-4/h5-7,10H,3H2,1-2,4H3/b7-6-,8-5-. The normalized spacial score (nSPS) is 12.1. The van der Waals surface area contributed by atoms with Gasteiger partial charge in [-0.3, -0.25) is 0 Å². The largest absolute Gasteiger partial charge is 0.389 e. The number of hydrogen-bond acceptors (Lipinski definition) is 1. The van der Waals surface area contributed by atoms with Crippen LogP contribution in [-0.2, 0) is 0 Å². The van der Waals surface area contributed by atoms with Gasteiger partial charge in [0.05, 0.1) is 0 Å². The Morgan fingerprint density at radius 3 is 2.40 bits per heavy atom. The molecule has 0 spiro atoms. The minimum absolute atomic E-state index is 0.932. The van der Waals surface area contributed by atoms with Crippen LogP contribution in [0, 0.1) is 0 Å². The summed E-state index contributed by atoms with van der Waals surface area (Å²) in [5.41, 5.74) is 2.18. The Bertz CT molecular complexity index is 164. The van der Waals surface area contributed by atoms with Gasteiger partial charge in [0.1, 0.15) is 0 Å². The van der Waals surface area contributed by atoms with E-state index in [4.69, 9.17) is 0 Å². The highest BCUT2D eigenvalue weighted by molar-refractivity contribution is 5.23. The van der Waals surface area contributed by atoms with Gasteiger partial charge < -0.3 is 5.32 Å². The minimum atomic E-state index is 0.932. The van der Waals surface area contributed by atoms with E-state index in [-0.39, 0.29) is 0 Å². The summed E-state index contributed by atoms with van der Waals surface area (Å²) in [7, 11) is 1.86. The molecule has 1 heteroatoms. The third kappa shape index (κ3) is 3.96. The smallest absolute Gasteiger partial charge is 0.0264 e. The molecule has 0 saturated carbocycles. The van der Waals surface area contributed by atoms with Crippen LogP contribution in [0.5, 0.6) is 0 Å². The third-order valence-electron chi connectivity index (χ3n) is 1.32. The summed E-state index contributed by atoms with van der Waals surface area (Å²) in [5.74, 6) is 0. The molecule has 0 amide bonds. The van der Waals surface area contributed by atoms with Gasteiger partial charge in [0.25, 0.3) is 0 Å². The first kappa shape index (κ1) is 9.02. The molecule has 0 aromatic heterocycles. The van der Waals surface area contributed by atoms with E-state index in [1.807, 2.05) is 26.1 Å². The fourth-order valence-electron chi connectivity index (χ4n) is 0.412. The molecule has 0 aliphatic carbocycles. The number of likely N-dealkylation sites (N-methyl/N-ethyl adjacent to an activating group) is 1. The molecule has 0 fully saturated rings. The lowest BCUT2D eigenvalue weighted by Gasteiger charge is -1.94. The van der Waals surface area contributed by atoms with Gasteiger partial charge in [-0.15, -0.1) is 0 Å². The van der Waals surface area contributed by atoms with Crippen molar-refractivity contribution >= 4 is 0 Å². The van der Waals surface area contributed by atoms with Crippen LogP contribution in [0.25, 0.3) is 0 Å². The lowest BCUT2D eigenvalue weighted by atomic mass is 10.2. The fourth-order valence-corrected chi connectivity index (χ4v) is 0.412. The van der Waals surface area contributed by atoms with Gasteiger partial charge in [-0.2, -0.15) is 0 Å². The summed E-state index contributed by atoms with van der Waals surface area (Å²) < 4.78 is 0. The van der Waals surface area contributed by atoms with Crippen LogP contribution in [0.4, 0.5) is 0 Å². The van der Waals surface area contributed by atoms with E-state index in [0.717, 1.165) is 5.70 Å². The summed E-state index contributed by atoms with van der Waals surface area (Å²) in [4.78, 5) is 0. The molecule has 0 saturated heterocycles. The highest BCUT2D eigenvalue weighted by Gasteiger charge is 1.79. The zero-order valence-electron chi connectivity index (χ0n) is 6.94. The zero-order chi connectivity index (χ0) is 7.98. The lowest BCUT2D eigenvalue weighted by molar-refractivity contribution is 1.04.